The number of nitrogens with zero attached hydrogens (tertiary/aromatic N) is 3. The number of aryl methyl sites for hydroxylation is 1. The molecule has 1 fully saturated rings. The first-order chi connectivity index (χ1) is 15.2. The number of imidazole rings is 1. The maximum Gasteiger partial charge on any atom is 0.410 e. The van der Waals surface area contributed by atoms with Crippen LogP contribution in [-0.2, 0) is 16.6 Å². The molecule has 1 aliphatic rings. The van der Waals surface area contributed by atoms with E-state index in [1.165, 1.54) is 0 Å². The largest absolute Gasteiger partial charge is 0.444 e. The molecule has 0 spiro atoms. The van der Waals surface area contributed by atoms with E-state index in [4.69, 9.17) is 9.72 Å². The van der Waals surface area contributed by atoms with Crippen molar-refractivity contribution in [3.63, 3.8) is 0 Å². The zero-order valence-electron chi connectivity index (χ0n) is 19.1. The maximum atomic E-state index is 12.7. The van der Waals surface area contributed by atoms with Crippen LogP contribution in [0, 0.1) is 5.92 Å². The Hall–Kier alpha value is -3.35. The monoisotopic (exact) mass is 434 g/mol. The molecular weight excluding hydrogens is 404 g/mol. The van der Waals surface area contributed by atoms with Crippen molar-refractivity contribution in [3.8, 4) is 11.4 Å². The number of hydrogen-bond acceptors (Lipinski definition) is 4. The number of anilines is 1. The van der Waals surface area contributed by atoms with Crippen molar-refractivity contribution in [1.29, 1.82) is 0 Å². The number of carbonyl (C=O) groups excluding carboxylic acids is 2. The van der Waals surface area contributed by atoms with Crippen LogP contribution in [0.3, 0.4) is 0 Å². The van der Waals surface area contributed by atoms with Crippen molar-refractivity contribution in [3.05, 3.63) is 48.5 Å². The number of nitrogens with one attached hydrogen (secondary N) is 1. The van der Waals surface area contributed by atoms with Gasteiger partial charge in [-0.15, -0.1) is 0 Å². The zero-order valence-corrected chi connectivity index (χ0v) is 19.1. The van der Waals surface area contributed by atoms with Crippen LogP contribution in [0.4, 0.5) is 10.5 Å². The minimum Gasteiger partial charge on any atom is -0.444 e. The lowest BCUT2D eigenvalue weighted by molar-refractivity contribution is -0.121. The van der Waals surface area contributed by atoms with Gasteiger partial charge in [-0.3, -0.25) is 4.79 Å². The van der Waals surface area contributed by atoms with Gasteiger partial charge in [0.15, 0.2) is 0 Å². The molecule has 7 nitrogen and oxygen atoms in total. The van der Waals surface area contributed by atoms with Gasteiger partial charge >= 0.3 is 6.09 Å². The molecule has 0 atom stereocenters. The number of amides is 2. The lowest BCUT2D eigenvalue weighted by Crippen LogP contribution is -2.43. The van der Waals surface area contributed by atoms with Gasteiger partial charge in [0.05, 0.1) is 11.0 Å². The topological polar surface area (TPSA) is 76.5 Å². The summed E-state index contributed by atoms with van der Waals surface area (Å²) in [5.41, 5.74) is 3.27. The average molecular weight is 435 g/mol. The molecule has 4 rings (SSSR count). The molecule has 1 saturated heterocycles. The molecule has 1 aliphatic heterocycles. The van der Waals surface area contributed by atoms with Crippen LogP contribution < -0.4 is 5.32 Å². The van der Waals surface area contributed by atoms with Crippen LogP contribution in [0.2, 0.25) is 0 Å². The molecule has 0 saturated carbocycles. The highest BCUT2D eigenvalue weighted by Gasteiger charge is 2.30. The normalized spacial score (nSPS) is 15.1. The number of aromatic nitrogens is 2. The number of piperidine rings is 1. The van der Waals surface area contributed by atoms with Crippen molar-refractivity contribution in [2.75, 3.05) is 18.4 Å². The van der Waals surface area contributed by atoms with E-state index >= 15 is 0 Å². The molecule has 0 radical (unpaired) electrons. The second-order valence-corrected chi connectivity index (χ2v) is 9.29. The van der Waals surface area contributed by atoms with Crippen molar-refractivity contribution < 1.29 is 14.3 Å². The minimum atomic E-state index is -0.515. The van der Waals surface area contributed by atoms with Crippen LogP contribution in [0.25, 0.3) is 22.4 Å². The standard InChI is InChI=1S/C25H30N4O3/c1-25(2,3)32-24(31)29-15-13-18(14-16-29)23(30)26-19-11-9-17(10-12-19)22-27-20-7-5-6-8-21(20)28(22)4/h5-12,18H,13-16H2,1-4H3,(H,26,30). The lowest BCUT2D eigenvalue weighted by Gasteiger charge is -2.32. The Bertz CT molecular complexity index is 1120. The van der Waals surface area contributed by atoms with Crippen molar-refractivity contribution >= 4 is 28.7 Å². The highest BCUT2D eigenvalue weighted by molar-refractivity contribution is 5.93. The summed E-state index contributed by atoms with van der Waals surface area (Å²) in [5.74, 6) is 0.760. The predicted molar refractivity (Wildman–Crippen MR) is 125 cm³/mol. The van der Waals surface area contributed by atoms with Crippen molar-refractivity contribution in [1.82, 2.24) is 14.5 Å². The Morgan fingerprint density at radius 3 is 2.31 bits per heavy atom. The summed E-state index contributed by atoms with van der Waals surface area (Å²) in [5, 5.41) is 3.01. The smallest absolute Gasteiger partial charge is 0.410 e. The Kier molecular flexibility index (Phi) is 5.91. The zero-order chi connectivity index (χ0) is 22.9. The lowest BCUT2D eigenvalue weighted by atomic mass is 9.96. The molecule has 3 aromatic rings. The van der Waals surface area contributed by atoms with Gasteiger partial charge in [-0.05, 0) is 70.0 Å². The van der Waals surface area contributed by atoms with Crippen LogP contribution in [0.1, 0.15) is 33.6 Å². The number of fused-ring (bicyclic) bond motifs is 1. The molecule has 2 heterocycles. The fourth-order valence-corrected chi connectivity index (χ4v) is 4.00. The Labute approximate surface area is 188 Å². The number of benzene rings is 2. The van der Waals surface area contributed by atoms with Gasteiger partial charge in [-0.2, -0.15) is 0 Å². The highest BCUT2D eigenvalue weighted by Crippen LogP contribution is 2.26. The quantitative estimate of drug-likeness (QED) is 0.641. The Morgan fingerprint density at radius 2 is 1.69 bits per heavy atom. The van der Waals surface area contributed by atoms with Gasteiger partial charge in [-0.1, -0.05) is 12.1 Å². The average Bonchev–Trinajstić information content (AvgIpc) is 3.10. The van der Waals surface area contributed by atoms with E-state index in [0.717, 1.165) is 28.1 Å². The number of hydrogen-bond donors (Lipinski definition) is 1. The number of carbonyl (C=O) groups is 2. The van der Waals surface area contributed by atoms with E-state index in [9.17, 15) is 9.59 Å². The molecule has 2 amide bonds. The van der Waals surface area contributed by atoms with E-state index in [0.29, 0.717) is 25.9 Å². The summed E-state index contributed by atoms with van der Waals surface area (Å²) in [6.07, 6.45) is 0.945. The first-order valence-electron chi connectivity index (χ1n) is 11.0. The van der Waals surface area contributed by atoms with E-state index in [1.807, 2.05) is 70.3 Å². The molecule has 0 unspecified atom stereocenters. The van der Waals surface area contributed by atoms with Gasteiger partial charge in [0.2, 0.25) is 5.91 Å². The van der Waals surface area contributed by atoms with Gasteiger partial charge in [0.1, 0.15) is 11.4 Å². The first kappa shape index (κ1) is 21.9. The third kappa shape index (κ3) is 4.77. The Morgan fingerprint density at radius 1 is 1.03 bits per heavy atom. The summed E-state index contributed by atoms with van der Waals surface area (Å²) >= 11 is 0. The predicted octanol–water partition coefficient (Wildman–Crippen LogP) is 4.83. The van der Waals surface area contributed by atoms with Crippen LogP contribution in [-0.4, -0.2) is 45.1 Å². The summed E-state index contributed by atoms with van der Waals surface area (Å²) in [7, 11) is 2.00. The molecule has 1 aromatic heterocycles. The minimum absolute atomic E-state index is 0.00989. The number of rotatable bonds is 3. The summed E-state index contributed by atoms with van der Waals surface area (Å²) in [6.45, 7) is 6.61. The van der Waals surface area contributed by atoms with Crippen LogP contribution in [0.15, 0.2) is 48.5 Å². The molecule has 1 N–H and O–H groups in total. The third-order valence-corrected chi connectivity index (χ3v) is 5.72. The molecular formula is C25H30N4O3. The molecule has 0 aliphatic carbocycles. The fraction of sp³-hybridized carbons (Fsp3) is 0.400. The summed E-state index contributed by atoms with van der Waals surface area (Å²) < 4.78 is 7.49. The van der Waals surface area contributed by atoms with Crippen LogP contribution >= 0.6 is 0 Å². The second kappa shape index (κ2) is 8.65. The maximum absolute atomic E-state index is 12.7. The van der Waals surface area contributed by atoms with Gasteiger partial charge in [0.25, 0.3) is 0 Å². The third-order valence-electron chi connectivity index (χ3n) is 5.72. The van der Waals surface area contributed by atoms with Crippen molar-refractivity contribution in [2.24, 2.45) is 13.0 Å². The summed E-state index contributed by atoms with van der Waals surface area (Å²) in [4.78, 5) is 31.3. The fourth-order valence-electron chi connectivity index (χ4n) is 4.00. The number of para-hydroxylation sites is 2. The van der Waals surface area contributed by atoms with Gasteiger partial charge in [-0.25, -0.2) is 9.78 Å². The van der Waals surface area contributed by atoms with Crippen molar-refractivity contribution in [2.45, 2.75) is 39.2 Å². The molecule has 2 aromatic carbocycles. The van der Waals surface area contributed by atoms with Gasteiger partial charge in [0, 0.05) is 37.3 Å². The first-order valence-corrected chi connectivity index (χ1v) is 11.0. The molecule has 168 valence electrons. The van der Waals surface area contributed by atoms with Gasteiger partial charge < -0.3 is 19.5 Å². The number of likely N-dealkylation sites (tertiary alicyclic amines) is 1. The second-order valence-electron chi connectivity index (χ2n) is 9.29. The van der Waals surface area contributed by atoms with E-state index < -0.39 is 5.60 Å². The number of ether oxygens (including phenoxy) is 1. The van der Waals surface area contributed by atoms with E-state index in [2.05, 4.69) is 16.0 Å². The molecule has 32 heavy (non-hydrogen) atoms. The van der Waals surface area contributed by atoms with Crippen LogP contribution in [0.5, 0.6) is 0 Å². The molecule has 7 heteroatoms. The SMILES string of the molecule is Cn1c(-c2ccc(NC(=O)C3CCN(C(=O)OC(C)(C)C)CC3)cc2)nc2ccccc21. The Balaban J connectivity index is 1.35. The van der Waals surface area contributed by atoms with E-state index in [-0.39, 0.29) is 17.9 Å². The van der Waals surface area contributed by atoms with E-state index in [1.54, 1.807) is 4.90 Å². The summed E-state index contributed by atoms with van der Waals surface area (Å²) in [6, 6.07) is 15.8. The molecule has 0 bridgehead atoms. The highest BCUT2D eigenvalue weighted by atomic mass is 16.6.